The first-order valence-electron chi connectivity index (χ1n) is 5.63. The number of carbonyl (C=O) groups is 1. The third-order valence-electron chi connectivity index (χ3n) is 3.25. The van der Waals surface area contributed by atoms with Gasteiger partial charge in [0.15, 0.2) is 23.3 Å². The minimum atomic E-state index is -7.23. The molecule has 1 aliphatic rings. The van der Waals surface area contributed by atoms with Crippen molar-refractivity contribution in [3.05, 3.63) is 34.4 Å². The normalized spacial score (nSPS) is 21.4. The molecule has 2 rings (SSSR count). The standard InChI is InChI=1S/C11F12O2/c12-3-1-2(4(13)6(15)5(3)14)8(16,25-7(1)24)9(17,10(18,19)20)11(21,22)23/t8-/m0/s1. The SMILES string of the molecule is O=C1O[C@](F)(C(F)(C(F)(F)F)C(F)(F)F)c2c(F)c(F)c(F)c(F)c21. The van der Waals surface area contributed by atoms with Crippen molar-refractivity contribution in [2.75, 3.05) is 0 Å². The molecule has 0 saturated heterocycles. The van der Waals surface area contributed by atoms with Crippen LogP contribution in [0, 0.1) is 23.3 Å². The first-order chi connectivity index (χ1) is 11.0. The van der Waals surface area contributed by atoms with Crippen LogP contribution in [-0.2, 0) is 10.6 Å². The predicted octanol–water partition coefficient (Wildman–Crippen LogP) is 4.37. The van der Waals surface area contributed by atoms with E-state index in [-0.39, 0.29) is 0 Å². The number of carbonyl (C=O) groups excluding carboxylic acids is 1. The summed E-state index contributed by atoms with van der Waals surface area (Å²) < 4.78 is 160. The monoisotopic (exact) mass is 392 g/mol. The molecule has 1 aliphatic heterocycles. The summed E-state index contributed by atoms with van der Waals surface area (Å²) in [5.41, 5.74) is -12.6. The Morgan fingerprint density at radius 1 is 0.720 bits per heavy atom. The Hall–Kier alpha value is -2.15. The number of alkyl halides is 8. The molecular formula is C11F12O2. The van der Waals surface area contributed by atoms with Crippen LogP contribution in [0.3, 0.4) is 0 Å². The van der Waals surface area contributed by atoms with E-state index in [4.69, 9.17) is 0 Å². The van der Waals surface area contributed by atoms with Crippen molar-refractivity contribution >= 4 is 5.97 Å². The molecule has 0 N–H and O–H groups in total. The maximum absolute atomic E-state index is 14.4. The maximum atomic E-state index is 14.4. The summed E-state index contributed by atoms with van der Waals surface area (Å²) in [5, 5.41) is 0. The van der Waals surface area contributed by atoms with Crippen LogP contribution >= 0.6 is 0 Å². The number of benzene rings is 1. The van der Waals surface area contributed by atoms with Gasteiger partial charge in [-0.25, -0.2) is 26.7 Å². The molecule has 0 aliphatic carbocycles. The smallest absolute Gasteiger partial charge is 0.416 e. The van der Waals surface area contributed by atoms with Gasteiger partial charge in [-0.05, 0) is 0 Å². The number of halogens is 12. The Bertz CT molecular complexity index is 750. The summed E-state index contributed by atoms with van der Waals surface area (Å²) in [6.07, 6.45) is -14.5. The average molecular weight is 392 g/mol. The van der Waals surface area contributed by atoms with E-state index < -0.39 is 64.2 Å². The Kier molecular flexibility index (Phi) is 3.79. The Labute approximate surface area is 128 Å². The number of hydrogen-bond acceptors (Lipinski definition) is 2. The lowest BCUT2D eigenvalue weighted by atomic mass is 9.87. The van der Waals surface area contributed by atoms with Gasteiger partial charge in [0.25, 0.3) is 0 Å². The lowest BCUT2D eigenvalue weighted by Crippen LogP contribution is -2.65. The molecule has 0 bridgehead atoms. The van der Waals surface area contributed by atoms with Crippen LogP contribution in [0.15, 0.2) is 0 Å². The first kappa shape index (κ1) is 19.2. The lowest BCUT2D eigenvalue weighted by Gasteiger charge is -2.37. The highest BCUT2D eigenvalue weighted by molar-refractivity contribution is 5.95. The van der Waals surface area contributed by atoms with Gasteiger partial charge in [-0.3, -0.25) is 0 Å². The highest BCUT2D eigenvalue weighted by atomic mass is 19.4. The molecule has 25 heavy (non-hydrogen) atoms. The number of ether oxygens (including phenoxy) is 1. The highest BCUT2D eigenvalue weighted by Gasteiger charge is 2.87. The number of hydrogen-bond donors (Lipinski definition) is 0. The maximum Gasteiger partial charge on any atom is 0.439 e. The van der Waals surface area contributed by atoms with E-state index in [0.29, 0.717) is 0 Å². The van der Waals surface area contributed by atoms with E-state index in [2.05, 4.69) is 4.74 Å². The fraction of sp³-hybridized carbons (Fsp3) is 0.364. The molecule has 140 valence electrons. The molecular weight excluding hydrogens is 392 g/mol. The van der Waals surface area contributed by atoms with Crippen molar-refractivity contribution in [1.82, 2.24) is 0 Å². The van der Waals surface area contributed by atoms with Gasteiger partial charge < -0.3 is 4.74 Å². The average Bonchev–Trinajstić information content (AvgIpc) is 2.71. The molecule has 0 amide bonds. The molecule has 0 saturated carbocycles. The van der Waals surface area contributed by atoms with E-state index in [1.54, 1.807) is 0 Å². The minimum absolute atomic E-state index is 2.48. The van der Waals surface area contributed by atoms with Crippen molar-refractivity contribution in [2.45, 2.75) is 23.9 Å². The van der Waals surface area contributed by atoms with Gasteiger partial charge in [0.1, 0.15) is 5.56 Å². The number of rotatable bonds is 1. The van der Waals surface area contributed by atoms with Crippen molar-refractivity contribution in [3.8, 4) is 0 Å². The minimum Gasteiger partial charge on any atom is -0.416 e. The zero-order valence-electron chi connectivity index (χ0n) is 10.9. The van der Waals surface area contributed by atoms with Gasteiger partial charge in [-0.15, -0.1) is 0 Å². The van der Waals surface area contributed by atoms with Crippen LogP contribution in [0.4, 0.5) is 52.7 Å². The molecule has 1 heterocycles. The summed E-state index contributed by atoms with van der Waals surface area (Å²) in [5.74, 6) is -20.9. The molecule has 1 atom stereocenters. The van der Waals surface area contributed by atoms with E-state index in [1.165, 1.54) is 0 Å². The van der Waals surface area contributed by atoms with E-state index >= 15 is 0 Å². The Morgan fingerprint density at radius 3 is 1.52 bits per heavy atom. The molecule has 0 unspecified atom stereocenters. The number of cyclic esters (lactones) is 1. The van der Waals surface area contributed by atoms with Crippen molar-refractivity contribution in [3.63, 3.8) is 0 Å². The molecule has 0 aromatic heterocycles. The van der Waals surface area contributed by atoms with E-state index in [0.717, 1.165) is 0 Å². The lowest BCUT2D eigenvalue weighted by molar-refractivity contribution is -0.411. The first-order valence-corrected chi connectivity index (χ1v) is 5.63. The predicted molar refractivity (Wildman–Crippen MR) is 50.4 cm³/mol. The highest BCUT2D eigenvalue weighted by Crippen LogP contribution is 2.61. The fourth-order valence-corrected chi connectivity index (χ4v) is 2.12. The number of fused-ring (bicyclic) bond motifs is 1. The second-order valence-corrected chi connectivity index (χ2v) is 4.64. The van der Waals surface area contributed by atoms with Crippen molar-refractivity contribution < 1.29 is 62.2 Å². The van der Waals surface area contributed by atoms with Gasteiger partial charge in [0.05, 0.1) is 5.56 Å². The summed E-state index contributed by atoms with van der Waals surface area (Å²) in [4.78, 5) is 11.2. The second-order valence-electron chi connectivity index (χ2n) is 4.64. The second kappa shape index (κ2) is 4.94. The van der Waals surface area contributed by atoms with Gasteiger partial charge >= 0.3 is 29.8 Å². The van der Waals surface area contributed by atoms with Crippen LogP contribution in [0.25, 0.3) is 0 Å². The fourth-order valence-electron chi connectivity index (χ4n) is 2.12. The van der Waals surface area contributed by atoms with Crippen molar-refractivity contribution in [1.29, 1.82) is 0 Å². The third kappa shape index (κ3) is 2.11. The van der Waals surface area contributed by atoms with Crippen LogP contribution in [0.2, 0.25) is 0 Å². The zero-order chi connectivity index (χ0) is 19.7. The van der Waals surface area contributed by atoms with E-state index in [9.17, 15) is 57.5 Å². The zero-order valence-corrected chi connectivity index (χ0v) is 10.9. The van der Waals surface area contributed by atoms with Crippen LogP contribution in [0.5, 0.6) is 0 Å². The quantitative estimate of drug-likeness (QED) is 0.307. The molecule has 0 spiro atoms. The van der Waals surface area contributed by atoms with Gasteiger partial charge in [-0.2, -0.15) is 30.7 Å². The molecule has 14 heteroatoms. The molecule has 1 aromatic carbocycles. The largest absolute Gasteiger partial charge is 0.439 e. The topological polar surface area (TPSA) is 26.3 Å². The Balaban J connectivity index is 2.99. The van der Waals surface area contributed by atoms with E-state index in [1.807, 2.05) is 0 Å². The van der Waals surface area contributed by atoms with Gasteiger partial charge in [0.2, 0.25) is 0 Å². The summed E-state index contributed by atoms with van der Waals surface area (Å²) in [6, 6.07) is 0. The van der Waals surface area contributed by atoms with Crippen molar-refractivity contribution in [2.24, 2.45) is 0 Å². The van der Waals surface area contributed by atoms with Gasteiger partial charge in [-0.1, -0.05) is 0 Å². The summed E-state index contributed by atoms with van der Waals surface area (Å²) in [7, 11) is 0. The third-order valence-corrected chi connectivity index (χ3v) is 3.25. The van der Waals surface area contributed by atoms with Crippen LogP contribution < -0.4 is 0 Å². The molecule has 1 aromatic rings. The Morgan fingerprint density at radius 2 is 1.12 bits per heavy atom. The molecule has 0 fully saturated rings. The molecule has 2 nitrogen and oxygen atoms in total. The molecule has 0 radical (unpaired) electrons. The summed E-state index contributed by atoms with van der Waals surface area (Å²) in [6.45, 7) is 0. The van der Waals surface area contributed by atoms with Crippen LogP contribution in [-0.4, -0.2) is 24.0 Å². The summed E-state index contributed by atoms with van der Waals surface area (Å²) >= 11 is 0. The van der Waals surface area contributed by atoms with Crippen LogP contribution in [0.1, 0.15) is 15.9 Å². The number of esters is 1. The van der Waals surface area contributed by atoms with Gasteiger partial charge in [0, 0.05) is 0 Å².